The Hall–Kier alpha value is -0.950. The van der Waals surface area contributed by atoms with E-state index in [0.29, 0.717) is 31.2 Å². The molecule has 1 amide bonds. The van der Waals surface area contributed by atoms with Gasteiger partial charge in [-0.2, -0.15) is 0 Å². The molecule has 0 aliphatic rings. The number of rotatable bonds is 15. The standard InChI is InChI=1S/C21H37NO4S2/c1-7-9-16(4)19(23)12-13-22-20(24)11-10-17(5)27-28-18(6)14-26-21(25)15(3)8-2/h7,9,15-18H,8,10-14H2,1-6H3,(H,22,24). The normalized spacial score (nSPS) is 15.6. The van der Waals surface area contributed by atoms with E-state index in [0.717, 1.165) is 12.8 Å². The molecule has 0 saturated carbocycles. The van der Waals surface area contributed by atoms with Crippen LogP contribution in [0.1, 0.15) is 67.2 Å². The fourth-order valence-corrected chi connectivity index (χ4v) is 4.46. The van der Waals surface area contributed by atoms with Crippen molar-refractivity contribution in [3.63, 3.8) is 0 Å². The first-order valence-corrected chi connectivity index (χ1v) is 12.4. The Labute approximate surface area is 178 Å². The molecule has 0 aliphatic heterocycles. The van der Waals surface area contributed by atoms with Crippen molar-refractivity contribution < 1.29 is 19.1 Å². The zero-order chi connectivity index (χ0) is 21.5. The van der Waals surface area contributed by atoms with Crippen molar-refractivity contribution in [2.24, 2.45) is 11.8 Å². The van der Waals surface area contributed by atoms with Crippen molar-refractivity contribution in [1.29, 1.82) is 0 Å². The molecule has 162 valence electrons. The summed E-state index contributed by atoms with van der Waals surface area (Å²) in [6.45, 7) is 12.5. The third kappa shape index (κ3) is 13.3. The Bertz CT molecular complexity index is 511. The Morgan fingerprint density at radius 2 is 1.68 bits per heavy atom. The van der Waals surface area contributed by atoms with Crippen LogP contribution in [0.2, 0.25) is 0 Å². The fourth-order valence-electron chi connectivity index (χ4n) is 2.15. The lowest BCUT2D eigenvalue weighted by molar-refractivity contribution is -0.147. The molecule has 28 heavy (non-hydrogen) atoms. The van der Waals surface area contributed by atoms with E-state index in [1.165, 1.54) is 0 Å². The monoisotopic (exact) mass is 431 g/mol. The molecule has 4 atom stereocenters. The Morgan fingerprint density at radius 1 is 1.04 bits per heavy atom. The molecule has 0 fully saturated rings. The van der Waals surface area contributed by atoms with E-state index in [1.54, 1.807) is 21.6 Å². The summed E-state index contributed by atoms with van der Waals surface area (Å²) in [7, 11) is 3.40. The quantitative estimate of drug-likeness (QED) is 0.228. The molecular weight excluding hydrogens is 394 g/mol. The molecule has 0 bridgehead atoms. The molecule has 7 heteroatoms. The highest BCUT2D eigenvalue weighted by molar-refractivity contribution is 8.77. The number of nitrogens with one attached hydrogen (secondary N) is 1. The van der Waals surface area contributed by atoms with Crippen molar-refractivity contribution >= 4 is 39.2 Å². The van der Waals surface area contributed by atoms with Crippen LogP contribution in [0.15, 0.2) is 12.2 Å². The van der Waals surface area contributed by atoms with Gasteiger partial charge in [-0.3, -0.25) is 14.4 Å². The first-order chi connectivity index (χ1) is 13.2. The molecule has 0 aromatic heterocycles. The van der Waals surface area contributed by atoms with E-state index in [2.05, 4.69) is 12.2 Å². The van der Waals surface area contributed by atoms with Gasteiger partial charge in [0.2, 0.25) is 5.91 Å². The van der Waals surface area contributed by atoms with Gasteiger partial charge in [0, 0.05) is 35.8 Å². The highest BCUT2D eigenvalue weighted by Crippen LogP contribution is 2.33. The number of amides is 1. The van der Waals surface area contributed by atoms with Crippen molar-refractivity contribution in [2.45, 2.75) is 77.7 Å². The second kappa shape index (κ2) is 15.9. The third-order valence-corrected chi connectivity index (χ3v) is 7.76. The average molecular weight is 432 g/mol. The van der Waals surface area contributed by atoms with Gasteiger partial charge in [0.05, 0.1) is 5.92 Å². The van der Waals surface area contributed by atoms with Gasteiger partial charge in [0.15, 0.2) is 0 Å². The second-order valence-corrected chi connectivity index (χ2v) is 10.3. The van der Waals surface area contributed by atoms with Gasteiger partial charge in [0.1, 0.15) is 12.4 Å². The van der Waals surface area contributed by atoms with Gasteiger partial charge in [-0.15, -0.1) is 0 Å². The molecule has 0 aromatic carbocycles. The lowest BCUT2D eigenvalue weighted by atomic mass is 10.0. The van der Waals surface area contributed by atoms with E-state index >= 15 is 0 Å². The summed E-state index contributed by atoms with van der Waals surface area (Å²) in [6, 6.07) is 0. The largest absolute Gasteiger partial charge is 0.464 e. The first-order valence-electron chi connectivity index (χ1n) is 10.1. The predicted octanol–water partition coefficient (Wildman–Crippen LogP) is 4.80. The van der Waals surface area contributed by atoms with Gasteiger partial charge in [-0.1, -0.05) is 61.4 Å². The molecule has 0 rings (SSSR count). The summed E-state index contributed by atoms with van der Waals surface area (Å²) in [4.78, 5) is 35.4. The van der Waals surface area contributed by atoms with E-state index in [4.69, 9.17) is 4.74 Å². The molecule has 1 N–H and O–H groups in total. The molecule has 4 unspecified atom stereocenters. The van der Waals surface area contributed by atoms with Crippen LogP contribution < -0.4 is 5.32 Å². The van der Waals surface area contributed by atoms with Crippen LogP contribution in [-0.4, -0.2) is 41.3 Å². The maximum Gasteiger partial charge on any atom is 0.308 e. The van der Waals surface area contributed by atoms with E-state index in [-0.39, 0.29) is 34.7 Å². The average Bonchev–Trinajstić information content (AvgIpc) is 2.68. The van der Waals surface area contributed by atoms with Crippen LogP contribution >= 0.6 is 21.6 Å². The van der Waals surface area contributed by atoms with Gasteiger partial charge >= 0.3 is 5.97 Å². The van der Waals surface area contributed by atoms with Crippen LogP contribution in [0.4, 0.5) is 0 Å². The molecule has 0 radical (unpaired) electrons. The van der Waals surface area contributed by atoms with Crippen LogP contribution in [0, 0.1) is 11.8 Å². The van der Waals surface area contributed by atoms with E-state index in [1.807, 2.05) is 46.8 Å². The van der Waals surface area contributed by atoms with Crippen LogP contribution in [-0.2, 0) is 19.1 Å². The summed E-state index contributed by atoms with van der Waals surface area (Å²) < 4.78 is 5.31. The zero-order valence-electron chi connectivity index (χ0n) is 18.2. The fraction of sp³-hybridized carbons (Fsp3) is 0.762. The highest BCUT2D eigenvalue weighted by atomic mass is 33.1. The number of Topliss-reactive ketones (excluding diaryl/α,β-unsaturated/α-hetero) is 1. The minimum absolute atomic E-state index is 0.0144. The molecule has 0 saturated heterocycles. The van der Waals surface area contributed by atoms with Crippen molar-refractivity contribution in [3.8, 4) is 0 Å². The van der Waals surface area contributed by atoms with Gasteiger partial charge < -0.3 is 10.1 Å². The van der Waals surface area contributed by atoms with Gasteiger partial charge in [-0.25, -0.2) is 0 Å². The van der Waals surface area contributed by atoms with Crippen LogP contribution in [0.3, 0.4) is 0 Å². The molecule has 5 nitrogen and oxygen atoms in total. The molecule has 0 aliphatic carbocycles. The number of ketones is 1. The number of hydrogen-bond donors (Lipinski definition) is 1. The third-order valence-electron chi connectivity index (χ3n) is 4.32. The highest BCUT2D eigenvalue weighted by Gasteiger charge is 2.15. The molecular formula is C21H37NO4S2. The SMILES string of the molecule is CC=CC(C)C(=O)CCNC(=O)CCC(C)SSC(C)COC(=O)C(C)CC. The number of esters is 1. The number of hydrogen-bond acceptors (Lipinski definition) is 6. The van der Waals surface area contributed by atoms with Crippen LogP contribution in [0.5, 0.6) is 0 Å². The predicted molar refractivity (Wildman–Crippen MR) is 120 cm³/mol. The molecule has 0 aromatic rings. The maximum atomic E-state index is 11.9. The van der Waals surface area contributed by atoms with Crippen LogP contribution in [0.25, 0.3) is 0 Å². The van der Waals surface area contributed by atoms with E-state index < -0.39 is 0 Å². The Kier molecular flexibility index (Phi) is 15.4. The summed E-state index contributed by atoms with van der Waals surface area (Å²) in [6.07, 6.45) is 6.11. The summed E-state index contributed by atoms with van der Waals surface area (Å²) in [5.41, 5.74) is 0. The van der Waals surface area contributed by atoms with Crippen molar-refractivity contribution in [3.05, 3.63) is 12.2 Å². The van der Waals surface area contributed by atoms with E-state index in [9.17, 15) is 14.4 Å². The maximum absolute atomic E-state index is 11.9. The molecule has 0 heterocycles. The number of carbonyl (C=O) groups excluding carboxylic acids is 3. The smallest absolute Gasteiger partial charge is 0.308 e. The zero-order valence-corrected chi connectivity index (χ0v) is 19.8. The number of allylic oxidation sites excluding steroid dienone is 2. The minimum atomic E-state index is -0.136. The Balaban J connectivity index is 3.87. The van der Waals surface area contributed by atoms with Gasteiger partial charge in [-0.05, 0) is 26.7 Å². The number of carbonyl (C=O) groups is 3. The van der Waals surface area contributed by atoms with Crippen molar-refractivity contribution in [1.82, 2.24) is 5.32 Å². The van der Waals surface area contributed by atoms with Gasteiger partial charge in [0.25, 0.3) is 0 Å². The summed E-state index contributed by atoms with van der Waals surface area (Å²) >= 11 is 0. The Morgan fingerprint density at radius 3 is 2.29 bits per heavy atom. The first kappa shape index (κ1) is 27.0. The lowest BCUT2D eigenvalue weighted by Crippen LogP contribution is -2.27. The second-order valence-electron chi connectivity index (χ2n) is 7.17. The lowest BCUT2D eigenvalue weighted by Gasteiger charge is -2.16. The number of ether oxygens (including phenoxy) is 1. The van der Waals surface area contributed by atoms with Crippen molar-refractivity contribution in [2.75, 3.05) is 13.2 Å². The summed E-state index contributed by atoms with van der Waals surface area (Å²) in [5.74, 6) is -0.157. The minimum Gasteiger partial charge on any atom is -0.464 e. The molecule has 0 spiro atoms. The summed E-state index contributed by atoms with van der Waals surface area (Å²) in [5, 5.41) is 3.35. The topological polar surface area (TPSA) is 72.5 Å².